The van der Waals surface area contributed by atoms with E-state index in [0.29, 0.717) is 22.5 Å². The van der Waals surface area contributed by atoms with Gasteiger partial charge in [0.25, 0.3) is 0 Å². The molecule has 21 heavy (non-hydrogen) atoms. The molecule has 9 heteroatoms. The van der Waals surface area contributed by atoms with Crippen molar-refractivity contribution >= 4 is 21.4 Å². The number of hydrogen-bond donors (Lipinski definition) is 2. The smallest absolute Gasteiger partial charge is 0.250 e. The van der Waals surface area contributed by atoms with Gasteiger partial charge in [0.2, 0.25) is 16.4 Å². The Morgan fingerprint density at radius 2 is 2.24 bits per heavy atom. The summed E-state index contributed by atoms with van der Waals surface area (Å²) in [5.41, 5.74) is 0. The lowest BCUT2D eigenvalue weighted by atomic mass is 10.4. The number of thiophene rings is 1. The highest BCUT2D eigenvalue weighted by Crippen LogP contribution is 2.24. The van der Waals surface area contributed by atoms with Gasteiger partial charge in [-0.2, -0.15) is 4.98 Å². The summed E-state index contributed by atoms with van der Waals surface area (Å²) in [5, 5.41) is 7.00. The van der Waals surface area contributed by atoms with Gasteiger partial charge in [-0.25, -0.2) is 13.1 Å². The third kappa shape index (κ3) is 4.10. The quantitative estimate of drug-likeness (QED) is 0.747. The molecule has 1 aliphatic carbocycles. The predicted octanol–water partition coefficient (Wildman–Crippen LogP) is 0.904. The van der Waals surface area contributed by atoms with Gasteiger partial charge in [0.15, 0.2) is 5.82 Å². The lowest BCUT2D eigenvalue weighted by Crippen LogP contribution is -2.25. The normalized spacial score (nSPS) is 15.4. The molecule has 1 aliphatic rings. The fourth-order valence-corrected chi connectivity index (χ4v) is 4.18. The minimum absolute atomic E-state index is 0.245. The van der Waals surface area contributed by atoms with Crippen LogP contribution in [-0.2, 0) is 23.0 Å². The van der Waals surface area contributed by atoms with E-state index in [1.54, 1.807) is 6.07 Å². The number of nitrogens with zero attached hydrogens (tertiary/aromatic N) is 2. The molecule has 0 spiro atoms. The molecule has 0 aromatic carbocycles. The first kappa shape index (κ1) is 14.6. The average Bonchev–Trinajstić information content (AvgIpc) is 2.93. The summed E-state index contributed by atoms with van der Waals surface area (Å²) < 4.78 is 31.8. The highest BCUT2D eigenvalue weighted by Gasteiger charge is 2.21. The van der Waals surface area contributed by atoms with Crippen molar-refractivity contribution in [3.8, 4) is 0 Å². The van der Waals surface area contributed by atoms with Gasteiger partial charge in [-0.3, -0.25) is 0 Å². The Balaban J connectivity index is 1.53. The minimum atomic E-state index is -3.46. The number of nitrogens with one attached hydrogen (secondary N) is 2. The van der Waals surface area contributed by atoms with E-state index in [1.807, 2.05) is 6.07 Å². The zero-order chi connectivity index (χ0) is 14.7. The summed E-state index contributed by atoms with van der Waals surface area (Å²) >= 11 is 1.29. The molecule has 1 fully saturated rings. The number of aromatic nitrogens is 2. The van der Waals surface area contributed by atoms with E-state index in [0.717, 1.165) is 11.4 Å². The maximum Gasteiger partial charge on any atom is 0.250 e. The van der Waals surface area contributed by atoms with Crippen LogP contribution in [0.4, 0.5) is 0 Å². The first-order valence-corrected chi connectivity index (χ1v) is 9.00. The summed E-state index contributed by atoms with van der Waals surface area (Å²) in [5.74, 6) is 0.484. The predicted molar refractivity (Wildman–Crippen MR) is 77.4 cm³/mol. The van der Waals surface area contributed by atoms with Crippen LogP contribution in [0.1, 0.15) is 23.5 Å². The fraction of sp³-hybridized carbons (Fsp3) is 0.500. The molecule has 0 unspecified atom stereocenters. The summed E-state index contributed by atoms with van der Waals surface area (Å²) in [6.45, 7) is 0.975. The van der Waals surface area contributed by atoms with E-state index in [4.69, 9.17) is 0 Å². The van der Waals surface area contributed by atoms with E-state index in [9.17, 15) is 8.42 Å². The molecular weight excluding hydrogens is 312 g/mol. The van der Waals surface area contributed by atoms with Gasteiger partial charge in [-0.05, 0) is 25.0 Å². The van der Waals surface area contributed by atoms with Gasteiger partial charge in [0, 0.05) is 30.4 Å². The first-order chi connectivity index (χ1) is 10.1. The molecule has 2 aromatic heterocycles. The molecule has 2 aromatic rings. The number of rotatable bonds is 8. The number of hydrogen-bond acceptors (Lipinski definition) is 7. The van der Waals surface area contributed by atoms with E-state index in [-0.39, 0.29) is 6.54 Å². The third-order valence-corrected chi connectivity index (χ3v) is 6.13. The third-order valence-electron chi connectivity index (χ3n) is 3.09. The van der Waals surface area contributed by atoms with Crippen LogP contribution in [0.25, 0.3) is 0 Å². The van der Waals surface area contributed by atoms with Crippen molar-refractivity contribution in [3.05, 3.63) is 29.2 Å². The van der Waals surface area contributed by atoms with Crippen molar-refractivity contribution < 1.29 is 12.9 Å². The van der Waals surface area contributed by atoms with Crippen molar-refractivity contribution in [3.63, 3.8) is 0 Å². The van der Waals surface area contributed by atoms with Crippen LogP contribution in [-0.4, -0.2) is 31.1 Å². The van der Waals surface area contributed by atoms with E-state index < -0.39 is 10.0 Å². The van der Waals surface area contributed by atoms with Crippen molar-refractivity contribution in [2.45, 2.75) is 36.1 Å². The Hall–Kier alpha value is -1.29. The number of sulfonamides is 1. The molecule has 3 rings (SSSR count). The van der Waals surface area contributed by atoms with Crippen LogP contribution < -0.4 is 10.0 Å². The van der Waals surface area contributed by atoms with E-state index in [1.165, 1.54) is 30.6 Å². The van der Waals surface area contributed by atoms with Gasteiger partial charge in [-0.1, -0.05) is 5.16 Å². The Morgan fingerprint density at radius 1 is 1.38 bits per heavy atom. The van der Waals surface area contributed by atoms with Gasteiger partial charge in [0.1, 0.15) is 4.21 Å². The molecule has 2 heterocycles. The molecule has 7 nitrogen and oxygen atoms in total. The monoisotopic (exact) mass is 328 g/mol. The SMILES string of the molecule is O=S(=O)(NCCc1ncon1)c1ccc(CNC2CC2)s1. The van der Waals surface area contributed by atoms with Crippen LogP contribution in [0.5, 0.6) is 0 Å². The van der Waals surface area contributed by atoms with Crippen molar-refractivity contribution in [1.82, 2.24) is 20.2 Å². The second kappa shape index (κ2) is 6.22. The Labute approximate surface area is 126 Å². The largest absolute Gasteiger partial charge is 0.343 e. The highest BCUT2D eigenvalue weighted by atomic mass is 32.2. The Kier molecular flexibility index (Phi) is 4.34. The second-order valence-corrected chi connectivity index (χ2v) is 8.03. The lowest BCUT2D eigenvalue weighted by Gasteiger charge is -2.02. The van der Waals surface area contributed by atoms with E-state index >= 15 is 0 Å². The lowest BCUT2D eigenvalue weighted by molar-refractivity contribution is 0.410. The first-order valence-electron chi connectivity index (χ1n) is 6.70. The maximum atomic E-state index is 12.1. The molecule has 0 radical (unpaired) electrons. The van der Waals surface area contributed by atoms with Gasteiger partial charge >= 0.3 is 0 Å². The molecule has 114 valence electrons. The zero-order valence-corrected chi connectivity index (χ0v) is 12.9. The minimum Gasteiger partial charge on any atom is -0.343 e. The van der Waals surface area contributed by atoms with Crippen LogP contribution in [0.3, 0.4) is 0 Å². The molecule has 0 amide bonds. The molecule has 0 bridgehead atoms. The van der Waals surface area contributed by atoms with E-state index in [2.05, 4.69) is 24.7 Å². The molecule has 0 atom stereocenters. The molecule has 1 saturated carbocycles. The van der Waals surface area contributed by atoms with Crippen molar-refractivity contribution in [2.75, 3.05) is 6.54 Å². The zero-order valence-electron chi connectivity index (χ0n) is 11.3. The molecule has 0 saturated heterocycles. The summed E-state index contributed by atoms with van der Waals surface area (Å²) in [6.07, 6.45) is 4.06. The molecular formula is C12H16N4O3S2. The van der Waals surface area contributed by atoms with Gasteiger partial charge in [0.05, 0.1) is 0 Å². The van der Waals surface area contributed by atoms with Crippen LogP contribution in [0.2, 0.25) is 0 Å². The summed E-state index contributed by atoms with van der Waals surface area (Å²) in [6, 6.07) is 4.11. The van der Waals surface area contributed by atoms with Crippen molar-refractivity contribution in [2.24, 2.45) is 0 Å². The summed E-state index contributed by atoms with van der Waals surface area (Å²) in [7, 11) is -3.46. The van der Waals surface area contributed by atoms with Crippen LogP contribution in [0, 0.1) is 0 Å². The second-order valence-electron chi connectivity index (χ2n) is 4.87. The van der Waals surface area contributed by atoms with Crippen molar-refractivity contribution in [1.29, 1.82) is 0 Å². The molecule has 2 N–H and O–H groups in total. The van der Waals surface area contributed by atoms with Crippen LogP contribution in [0.15, 0.2) is 27.3 Å². The van der Waals surface area contributed by atoms with Gasteiger partial charge in [-0.15, -0.1) is 11.3 Å². The summed E-state index contributed by atoms with van der Waals surface area (Å²) in [4.78, 5) is 4.87. The standard InChI is InChI=1S/C12H16N4O3S2/c17-21(18,15-6-5-11-14-8-19-16-11)12-4-3-10(20-12)7-13-9-1-2-9/h3-4,8-9,13,15H,1-2,5-7H2. The molecule has 0 aliphatic heterocycles. The highest BCUT2D eigenvalue weighted by molar-refractivity contribution is 7.91. The Morgan fingerprint density at radius 3 is 2.95 bits per heavy atom. The average molecular weight is 328 g/mol. The fourth-order valence-electron chi connectivity index (χ4n) is 1.80. The maximum absolute atomic E-state index is 12.1. The van der Waals surface area contributed by atoms with Gasteiger partial charge < -0.3 is 9.84 Å². The Bertz CT molecular complexity index is 677. The topological polar surface area (TPSA) is 97.1 Å². The van der Waals surface area contributed by atoms with Crippen LogP contribution >= 0.6 is 11.3 Å².